The highest BCUT2D eigenvalue weighted by atomic mass is 35.5. The Morgan fingerprint density at radius 3 is 2.62 bits per heavy atom. The number of nitrogens with zero attached hydrogens (tertiary/aromatic N) is 2. The zero-order valence-electron chi connectivity index (χ0n) is 16.8. The Labute approximate surface area is 176 Å². The molecule has 0 bridgehead atoms. The van der Waals surface area contributed by atoms with Crippen LogP contribution in [0.2, 0.25) is 5.15 Å². The SMILES string of the molecule is CC(C)(C)c1ccc([C@H]2C[C@@H]2C(=O)NN=Cc2cc3ccccc3nc2Cl)cc1. The molecule has 1 saturated carbocycles. The van der Waals surface area contributed by atoms with Gasteiger partial charge in [-0.25, -0.2) is 10.4 Å². The van der Waals surface area contributed by atoms with E-state index in [1.54, 1.807) is 6.21 Å². The quantitative estimate of drug-likeness (QED) is 0.357. The van der Waals surface area contributed by atoms with Crippen molar-refractivity contribution in [2.45, 2.75) is 38.5 Å². The summed E-state index contributed by atoms with van der Waals surface area (Å²) in [7, 11) is 0. The summed E-state index contributed by atoms with van der Waals surface area (Å²) in [4.78, 5) is 16.8. The summed E-state index contributed by atoms with van der Waals surface area (Å²) in [6.07, 6.45) is 2.41. The van der Waals surface area contributed by atoms with Crippen molar-refractivity contribution in [1.29, 1.82) is 0 Å². The molecule has 1 aliphatic rings. The van der Waals surface area contributed by atoms with E-state index in [0.29, 0.717) is 10.7 Å². The third kappa shape index (κ3) is 4.33. The number of amides is 1. The number of carbonyl (C=O) groups is 1. The molecule has 1 aliphatic carbocycles. The molecule has 1 fully saturated rings. The van der Waals surface area contributed by atoms with E-state index < -0.39 is 0 Å². The second-order valence-electron chi connectivity index (χ2n) is 8.62. The molecule has 148 valence electrons. The second-order valence-corrected chi connectivity index (χ2v) is 8.97. The van der Waals surface area contributed by atoms with Gasteiger partial charge < -0.3 is 0 Å². The van der Waals surface area contributed by atoms with Crippen LogP contribution in [0.1, 0.15) is 49.8 Å². The molecule has 4 rings (SSSR count). The molecule has 0 radical (unpaired) electrons. The molecule has 2 aromatic carbocycles. The molecule has 3 aromatic rings. The highest BCUT2D eigenvalue weighted by molar-refractivity contribution is 6.32. The fraction of sp³-hybridized carbons (Fsp3) is 0.292. The van der Waals surface area contributed by atoms with Crippen LogP contribution in [-0.2, 0) is 10.2 Å². The van der Waals surface area contributed by atoms with E-state index in [1.807, 2.05) is 30.3 Å². The molecule has 5 heteroatoms. The third-order valence-electron chi connectivity index (χ3n) is 5.42. The smallest absolute Gasteiger partial charge is 0.243 e. The molecule has 1 aromatic heterocycles. The van der Waals surface area contributed by atoms with Gasteiger partial charge in [-0.15, -0.1) is 0 Å². The topological polar surface area (TPSA) is 54.4 Å². The molecule has 2 atom stereocenters. The van der Waals surface area contributed by atoms with Crippen LogP contribution in [0.25, 0.3) is 10.9 Å². The van der Waals surface area contributed by atoms with Gasteiger partial charge in [0.15, 0.2) is 0 Å². The van der Waals surface area contributed by atoms with Gasteiger partial charge in [-0.05, 0) is 41.0 Å². The Hall–Kier alpha value is -2.72. The average molecular weight is 406 g/mol. The average Bonchev–Trinajstić information content (AvgIpc) is 3.49. The number of aromatic nitrogens is 1. The van der Waals surface area contributed by atoms with Crippen LogP contribution in [0.15, 0.2) is 59.7 Å². The lowest BCUT2D eigenvalue weighted by molar-refractivity contribution is -0.122. The zero-order valence-corrected chi connectivity index (χ0v) is 17.6. The Kier molecular flexibility index (Phi) is 5.13. The maximum absolute atomic E-state index is 12.4. The van der Waals surface area contributed by atoms with Crippen molar-refractivity contribution in [3.63, 3.8) is 0 Å². The number of hydrogen-bond acceptors (Lipinski definition) is 3. The zero-order chi connectivity index (χ0) is 20.6. The number of fused-ring (bicyclic) bond motifs is 1. The standard InChI is InChI=1S/C24H24ClN3O/c1-24(2,3)18-10-8-15(9-11-18)19-13-20(19)23(29)28-26-14-17-12-16-6-4-5-7-21(16)27-22(17)25/h4-12,14,19-20H,13H2,1-3H3,(H,28,29)/t19-,20+/m1/s1. The first-order valence-electron chi connectivity index (χ1n) is 9.81. The number of benzene rings is 2. The number of halogens is 1. The highest BCUT2D eigenvalue weighted by Gasteiger charge is 2.44. The van der Waals surface area contributed by atoms with Crippen molar-refractivity contribution in [1.82, 2.24) is 10.4 Å². The molecule has 29 heavy (non-hydrogen) atoms. The molecule has 0 unspecified atom stereocenters. The number of hydrogen-bond donors (Lipinski definition) is 1. The summed E-state index contributed by atoms with van der Waals surface area (Å²) in [5, 5.41) is 5.44. The van der Waals surface area contributed by atoms with Crippen molar-refractivity contribution >= 4 is 34.6 Å². The van der Waals surface area contributed by atoms with Crippen molar-refractivity contribution in [3.8, 4) is 0 Å². The van der Waals surface area contributed by atoms with Crippen molar-refractivity contribution < 1.29 is 4.79 Å². The van der Waals surface area contributed by atoms with Crippen LogP contribution in [0.4, 0.5) is 0 Å². The normalized spacial score (nSPS) is 18.9. The summed E-state index contributed by atoms with van der Waals surface area (Å²) in [6.45, 7) is 6.60. The van der Waals surface area contributed by atoms with Gasteiger partial charge in [0.25, 0.3) is 0 Å². The van der Waals surface area contributed by atoms with Crippen molar-refractivity contribution in [2.75, 3.05) is 0 Å². The van der Waals surface area contributed by atoms with Gasteiger partial charge in [-0.3, -0.25) is 4.79 Å². The van der Waals surface area contributed by atoms with Gasteiger partial charge in [0.05, 0.1) is 11.7 Å². The lowest BCUT2D eigenvalue weighted by atomic mass is 9.86. The second kappa shape index (κ2) is 7.60. The van der Waals surface area contributed by atoms with Gasteiger partial charge in [-0.2, -0.15) is 5.10 Å². The summed E-state index contributed by atoms with van der Waals surface area (Å²) in [6, 6.07) is 18.3. The lowest BCUT2D eigenvalue weighted by Crippen LogP contribution is -2.20. The molecule has 1 heterocycles. The fourth-order valence-electron chi connectivity index (χ4n) is 3.53. The van der Waals surface area contributed by atoms with Crippen molar-refractivity contribution in [3.05, 3.63) is 76.4 Å². The number of rotatable bonds is 4. The van der Waals surface area contributed by atoms with Gasteiger partial charge in [0.1, 0.15) is 5.15 Å². The van der Waals surface area contributed by atoms with Gasteiger partial charge in [0.2, 0.25) is 5.91 Å². The Bertz CT molecular complexity index is 1080. The molecule has 0 aliphatic heterocycles. The molecular weight excluding hydrogens is 382 g/mol. The van der Waals surface area contributed by atoms with Gasteiger partial charge >= 0.3 is 0 Å². The first kappa shape index (κ1) is 19.6. The Morgan fingerprint density at radius 1 is 1.17 bits per heavy atom. The van der Waals surface area contributed by atoms with E-state index >= 15 is 0 Å². The van der Waals surface area contributed by atoms with Crippen LogP contribution >= 0.6 is 11.6 Å². The minimum Gasteiger partial charge on any atom is -0.273 e. The molecule has 1 amide bonds. The van der Waals surface area contributed by atoms with E-state index in [4.69, 9.17) is 11.6 Å². The highest BCUT2D eigenvalue weighted by Crippen LogP contribution is 2.47. The summed E-state index contributed by atoms with van der Waals surface area (Å²) >= 11 is 6.23. The Morgan fingerprint density at radius 2 is 1.90 bits per heavy atom. The largest absolute Gasteiger partial charge is 0.273 e. The number of nitrogens with one attached hydrogen (secondary N) is 1. The van der Waals surface area contributed by atoms with Crippen molar-refractivity contribution in [2.24, 2.45) is 11.0 Å². The Balaban J connectivity index is 1.38. The van der Waals surface area contributed by atoms with Crippen LogP contribution in [0.3, 0.4) is 0 Å². The van der Waals surface area contributed by atoms with Crippen LogP contribution in [-0.4, -0.2) is 17.1 Å². The molecule has 4 nitrogen and oxygen atoms in total. The van der Waals surface area contributed by atoms with Crippen LogP contribution in [0.5, 0.6) is 0 Å². The van der Waals surface area contributed by atoms with Gasteiger partial charge in [-0.1, -0.05) is 74.8 Å². The van der Waals surface area contributed by atoms with E-state index in [1.165, 1.54) is 11.1 Å². The van der Waals surface area contributed by atoms with E-state index in [0.717, 1.165) is 17.3 Å². The predicted octanol–water partition coefficient (Wildman–Crippen LogP) is 5.44. The number of para-hydroxylation sites is 1. The minimum absolute atomic E-state index is 0.0298. The minimum atomic E-state index is -0.0592. The van der Waals surface area contributed by atoms with E-state index in [2.05, 4.69) is 60.5 Å². The third-order valence-corrected chi connectivity index (χ3v) is 5.72. The summed E-state index contributed by atoms with van der Waals surface area (Å²) < 4.78 is 0. The monoisotopic (exact) mass is 405 g/mol. The molecule has 0 spiro atoms. The maximum atomic E-state index is 12.4. The number of carbonyl (C=O) groups excluding carboxylic acids is 1. The van der Waals surface area contributed by atoms with E-state index in [-0.39, 0.29) is 23.2 Å². The maximum Gasteiger partial charge on any atom is 0.243 e. The molecule has 1 N–H and O–H groups in total. The number of pyridine rings is 1. The van der Waals surface area contributed by atoms with Crippen LogP contribution < -0.4 is 5.43 Å². The van der Waals surface area contributed by atoms with Gasteiger partial charge in [0, 0.05) is 16.9 Å². The lowest BCUT2D eigenvalue weighted by Gasteiger charge is -2.19. The van der Waals surface area contributed by atoms with E-state index in [9.17, 15) is 4.79 Å². The molecule has 0 saturated heterocycles. The van der Waals surface area contributed by atoms with Crippen LogP contribution in [0, 0.1) is 5.92 Å². The first-order valence-corrected chi connectivity index (χ1v) is 10.2. The summed E-state index contributed by atoms with van der Waals surface area (Å²) in [5.74, 6) is 0.180. The number of hydrazone groups is 1. The first-order chi connectivity index (χ1) is 13.8. The fourth-order valence-corrected chi connectivity index (χ4v) is 3.73. The predicted molar refractivity (Wildman–Crippen MR) is 118 cm³/mol. The molecular formula is C24H24ClN3O. The summed E-state index contributed by atoms with van der Waals surface area (Å²) in [5.41, 5.74) is 6.80.